The summed E-state index contributed by atoms with van der Waals surface area (Å²) in [6.07, 6.45) is -2.66. The lowest BCUT2D eigenvalue weighted by atomic mass is 10.0. The Morgan fingerprint density at radius 3 is 1.91 bits per heavy atom. The summed E-state index contributed by atoms with van der Waals surface area (Å²) < 4.78 is 31.9. The zero-order valence-corrected chi connectivity index (χ0v) is 14.7. The summed E-state index contributed by atoms with van der Waals surface area (Å²) in [5.41, 5.74) is 0. The van der Waals surface area contributed by atoms with E-state index in [1.165, 1.54) is 35.2 Å². The molecule has 0 heterocycles. The molecule has 0 amide bonds. The highest BCUT2D eigenvalue weighted by molar-refractivity contribution is 5.66. The van der Waals surface area contributed by atoms with Crippen LogP contribution in [0.2, 0.25) is 0 Å². The first-order valence-corrected chi connectivity index (χ1v) is 7.37. The maximum Gasteiger partial charge on any atom is 0.303 e. The molecule has 0 aromatic carbocycles. The van der Waals surface area contributed by atoms with E-state index in [4.69, 9.17) is 28.4 Å². The van der Waals surface area contributed by atoms with E-state index in [2.05, 4.69) is 0 Å². The molecule has 4 unspecified atom stereocenters. The standard InChI is InChI=1S/C15H28O8/c1-7-21-13(8-18-4)15(23-11(3)17)14(20-6)12(19-5)9-22-10(2)16/h12-15H,7-9H2,1-6H3. The van der Waals surface area contributed by atoms with Crippen molar-refractivity contribution in [1.29, 1.82) is 0 Å². The first-order chi connectivity index (χ1) is 10.9. The second kappa shape index (κ2) is 12.2. The third-order valence-electron chi connectivity index (χ3n) is 3.10. The summed E-state index contributed by atoms with van der Waals surface area (Å²) in [4.78, 5) is 22.5. The largest absolute Gasteiger partial charge is 0.463 e. The fraction of sp³-hybridized carbons (Fsp3) is 0.867. The topological polar surface area (TPSA) is 89.5 Å². The summed E-state index contributed by atoms with van der Waals surface area (Å²) in [7, 11) is 4.43. The summed E-state index contributed by atoms with van der Waals surface area (Å²) >= 11 is 0. The number of esters is 2. The molecule has 0 aromatic heterocycles. The summed E-state index contributed by atoms with van der Waals surface area (Å²) in [6.45, 7) is 4.99. The molecule has 0 saturated carbocycles. The van der Waals surface area contributed by atoms with Gasteiger partial charge < -0.3 is 28.4 Å². The van der Waals surface area contributed by atoms with Crippen molar-refractivity contribution in [3.05, 3.63) is 0 Å². The van der Waals surface area contributed by atoms with Gasteiger partial charge in [-0.3, -0.25) is 9.59 Å². The second-order valence-electron chi connectivity index (χ2n) is 4.80. The highest BCUT2D eigenvalue weighted by atomic mass is 16.6. The quantitative estimate of drug-likeness (QED) is 0.478. The molecule has 23 heavy (non-hydrogen) atoms. The molecule has 0 bridgehead atoms. The first kappa shape index (κ1) is 21.8. The molecule has 8 nitrogen and oxygen atoms in total. The van der Waals surface area contributed by atoms with Gasteiger partial charge in [0.1, 0.15) is 24.9 Å². The third-order valence-corrected chi connectivity index (χ3v) is 3.10. The lowest BCUT2D eigenvalue weighted by Gasteiger charge is -2.35. The van der Waals surface area contributed by atoms with Crippen LogP contribution in [0.25, 0.3) is 0 Å². The molecule has 8 heteroatoms. The molecule has 0 aliphatic rings. The van der Waals surface area contributed by atoms with E-state index in [1.54, 1.807) is 0 Å². The Balaban J connectivity index is 5.30. The predicted octanol–water partition coefficient (Wildman–Crippen LogP) is 0.563. The Hall–Kier alpha value is -1.22. The van der Waals surface area contributed by atoms with Gasteiger partial charge in [0.15, 0.2) is 6.10 Å². The smallest absolute Gasteiger partial charge is 0.303 e. The lowest BCUT2D eigenvalue weighted by Crippen LogP contribution is -2.52. The molecular weight excluding hydrogens is 308 g/mol. The number of carbonyl (C=O) groups is 2. The second-order valence-corrected chi connectivity index (χ2v) is 4.80. The predicted molar refractivity (Wildman–Crippen MR) is 81.1 cm³/mol. The zero-order valence-electron chi connectivity index (χ0n) is 14.7. The Morgan fingerprint density at radius 1 is 0.870 bits per heavy atom. The fourth-order valence-electron chi connectivity index (χ4n) is 2.16. The van der Waals surface area contributed by atoms with Crippen LogP contribution >= 0.6 is 0 Å². The van der Waals surface area contributed by atoms with E-state index in [0.29, 0.717) is 6.61 Å². The van der Waals surface area contributed by atoms with E-state index >= 15 is 0 Å². The molecule has 0 N–H and O–H groups in total. The van der Waals surface area contributed by atoms with E-state index in [1.807, 2.05) is 6.92 Å². The van der Waals surface area contributed by atoms with E-state index in [0.717, 1.165) is 0 Å². The molecule has 4 atom stereocenters. The molecule has 0 radical (unpaired) electrons. The number of hydrogen-bond acceptors (Lipinski definition) is 8. The normalized spacial score (nSPS) is 16.3. The summed E-state index contributed by atoms with van der Waals surface area (Å²) in [5.74, 6) is -0.926. The van der Waals surface area contributed by atoms with Crippen molar-refractivity contribution in [1.82, 2.24) is 0 Å². The van der Waals surface area contributed by atoms with Crippen molar-refractivity contribution in [2.24, 2.45) is 0 Å². The van der Waals surface area contributed by atoms with Crippen LogP contribution in [-0.4, -0.2) is 77.5 Å². The highest BCUT2D eigenvalue weighted by Crippen LogP contribution is 2.18. The highest BCUT2D eigenvalue weighted by Gasteiger charge is 2.39. The monoisotopic (exact) mass is 336 g/mol. The molecule has 0 rings (SSSR count). The van der Waals surface area contributed by atoms with Gasteiger partial charge in [-0.25, -0.2) is 0 Å². The average molecular weight is 336 g/mol. The van der Waals surface area contributed by atoms with Gasteiger partial charge in [-0.1, -0.05) is 0 Å². The summed E-state index contributed by atoms with van der Waals surface area (Å²) in [5, 5.41) is 0. The van der Waals surface area contributed by atoms with Crippen molar-refractivity contribution in [2.75, 3.05) is 41.2 Å². The van der Waals surface area contributed by atoms with Crippen LogP contribution in [0.4, 0.5) is 0 Å². The first-order valence-electron chi connectivity index (χ1n) is 7.37. The van der Waals surface area contributed by atoms with E-state index < -0.39 is 36.4 Å². The Labute approximate surface area is 137 Å². The minimum absolute atomic E-state index is 0.0338. The van der Waals surface area contributed by atoms with Crippen LogP contribution in [0, 0.1) is 0 Å². The Morgan fingerprint density at radius 2 is 1.52 bits per heavy atom. The van der Waals surface area contributed by atoms with Crippen molar-refractivity contribution in [2.45, 2.75) is 45.2 Å². The van der Waals surface area contributed by atoms with Crippen LogP contribution in [-0.2, 0) is 38.0 Å². The molecule has 0 saturated heterocycles. The number of carbonyl (C=O) groups excluding carboxylic acids is 2. The SMILES string of the molecule is CCOC(COC)C(OC(C)=O)C(OC)C(COC(C)=O)OC. The average Bonchev–Trinajstić information content (AvgIpc) is 2.49. The zero-order chi connectivity index (χ0) is 17.8. The van der Waals surface area contributed by atoms with Gasteiger partial charge in [0.05, 0.1) is 6.61 Å². The minimum atomic E-state index is -0.780. The number of methoxy groups -OCH3 is 3. The minimum Gasteiger partial charge on any atom is -0.463 e. The van der Waals surface area contributed by atoms with E-state index in [-0.39, 0.29) is 13.2 Å². The van der Waals surface area contributed by atoms with Crippen LogP contribution in [0.15, 0.2) is 0 Å². The van der Waals surface area contributed by atoms with Gasteiger partial charge in [0.25, 0.3) is 0 Å². The van der Waals surface area contributed by atoms with Gasteiger partial charge >= 0.3 is 11.9 Å². The molecule has 0 aliphatic heterocycles. The van der Waals surface area contributed by atoms with Crippen molar-refractivity contribution in [3.63, 3.8) is 0 Å². The third kappa shape index (κ3) is 8.26. The number of hydrogen-bond donors (Lipinski definition) is 0. The molecule has 0 aliphatic carbocycles. The molecule has 0 aromatic rings. The van der Waals surface area contributed by atoms with Gasteiger partial charge in [-0.2, -0.15) is 0 Å². The number of ether oxygens (including phenoxy) is 6. The fourth-order valence-corrected chi connectivity index (χ4v) is 2.16. The van der Waals surface area contributed by atoms with Crippen molar-refractivity contribution >= 4 is 11.9 Å². The van der Waals surface area contributed by atoms with Crippen molar-refractivity contribution in [3.8, 4) is 0 Å². The van der Waals surface area contributed by atoms with Crippen LogP contribution < -0.4 is 0 Å². The summed E-state index contributed by atoms with van der Waals surface area (Å²) in [6, 6.07) is 0. The van der Waals surface area contributed by atoms with Crippen LogP contribution in [0.5, 0.6) is 0 Å². The molecule has 0 spiro atoms. The maximum atomic E-state index is 11.5. The van der Waals surface area contributed by atoms with Gasteiger partial charge in [0.2, 0.25) is 0 Å². The van der Waals surface area contributed by atoms with Crippen LogP contribution in [0.3, 0.4) is 0 Å². The molecule has 136 valence electrons. The Kier molecular flexibility index (Phi) is 11.6. The van der Waals surface area contributed by atoms with Crippen LogP contribution in [0.1, 0.15) is 20.8 Å². The van der Waals surface area contributed by atoms with E-state index in [9.17, 15) is 9.59 Å². The number of rotatable bonds is 12. The molecule has 0 fully saturated rings. The van der Waals surface area contributed by atoms with Crippen molar-refractivity contribution < 1.29 is 38.0 Å². The van der Waals surface area contributed by atoms with Gasteiger partial charge in [-0.15, -0.1) is 0 Å². The lowest BCUT2D eigenvalue weighted by molar-refractivity contribution is -0.192. The van der Waals surface area contributed by atoms with Gasteiger partial charge in [0, 0.05) is 41.8 Å². The molecular formula is C15H28O8. The maximum absolute atomic E-state index is 11.5. The Bertz CT molecular complexity index is 340. The van der Waals surface area contributed by atoms with Gasteiger partial charge in [-0.05, 0) is 6.92 Å².